The predicted molar refractivity (Wildman–Crippen MR) is 45.3 cm³/mol. The number of carbonyl (C=O) groups is 1. The number of carboxylic acids is 1. The highest BCUT2D eigenvalue weighted by atomic mass is 16.4. The van der Waals surface area contributed by atoms with Gasteiger partial charge in [0.2, 0.25) is 0 Å². The van der Waals surface area contributed by atoms with E-state index in [1.54, 1.807) is 19.1 Å². The minimum Gasteiger partial charge on any atom is -0.481 e. The lowest BCUT2D eigenvalue weighted by molar-refractivity contribution is -0.142. The van der Waals surface area contributed by atoms with E-state index in [2.05, 4.69) is 0 Å². The summed E-state index contributed by atoms with van der Waals surface area (Å²) in [6.07, 6.45) is -0.361. The zero-order valence-corrected chi connectivity index (χ0v) is 7.57. The fourth-order valence-electron chi connectivity index (χ4n) is 1.11. The molecule has 1 aromatic heterocycles. The van der Waals surface area contributed by atoms with E-state index in [1.807, 2.05) is 0 Å². The Morgan fingerprint density at radius 2 is 2.23 bits per heavy atom. The van der Waals surface area contributed by atoms with Gasteiger partial charge in [-0.3, -0.25) is 4.79 Å². The van der Waals surface area contributed by atoms with Gasteiger partial charge in [0.1, 0.15) is 17.1 Å². The van der Waals surface area contributed by atoms with Gasteiger partial charge >= 0.3 is 5.97 Å². The maximum Gasteiger partial charge on any atom is 0.306 e. The fourth-order valence-corrected chi connectivity index (χ4v) is 1.11. The van der Waals surface area contributed by atoms with Gasteiger partial charge in [-0.15, -0.1) is 0 Å². The van der Waals surface area contributed by atoms with Crippen LogP contribution < -0.4 is 0 Å². The van der Waals surface area contributed by atoms with Crippen LogP contribution in [0.3, 0.4) is 0 Å². The molecule has 1 aromatic rings. The van der Waals surface area contributed by atoms with Gasteiger partial charge < -0.3 is 14.6 Å². The zero-order valence-electron chi connectivity index (χ0n) is 7.57. The highest BCUT2D eigenvalue weighted by molar-refractivity contribution is 5.68. The molecule has 1 rings (SSSR count). The topological polar surface area (TPSA) is 70.7 Å². The van der Waals surface area contributed by atoms with E-state index in [4.69, 9.17) is 9.52 Å². The Kier molecular flexibility index (Phi) is 2.43. The molecule has 4 nitrogen and oxygen atoms in total. The summed E-state index contributed by atoms with van der Waals surface area (Å²) in [5, 5.41) is 18.2. The van der Waals surface area contributed by atoms with Crippen LogP contribution in [0.5, 0.6) is 0 Å². The van der Waals surface area contributed by atoms with Crippen LogP contribution in [0.2, 0.25) is 0 Å². The van der Waals surface area contributed by atoms with Crippen molar-refractivity contribution >= 4 is 5.97 Å². The number of furan rings is 1. The molecular formula is C9H12O4. The smallest absolute Gasteiger partial charge is 0.306 e. The van der Waals surface area contributed by atoms with Crippen LogP contribution in [-0.4, -0.2) is 16.2 Å². The number of rotatable bonds is 3. The van der Waals surface area contributed by atoms with Crippen molar-refractivity contribution in [3.63, 3.8) is 0 Å². The first-order chi connectivity index (χ1) is 5.92. The Bertz CT molecular complexity index is 311. The van der Waals surface area contributed by atoms with E-state index in [1.165, 1.54) is 6.92 Å². The quantitative estimate of drug-likeness (QED) is 0.742. The van der Waals surface area contributed by atoms with Crippen LogP contribution in [-0.2, 0) is 10.4 Å². The molecule has 4 heteroatoms. The molecule has 1 unspecified atom stereocenters. The summed E-state index contributed by atoms with van der Waals surface area (Å²) in [5.41, 5.74) is -1.43. The van der Waals surface area contributed by atoms with E-state index in [9.17, 15) is 9.90 Å². The molecule has 13 heavy (non-hydrogen) atoms. The van der Waals surface area contributed by atoms with Gasteiger partial charge in [-0.25, -0.2) is 0 Å². The first kappa shape index (κ1) is 9.80. The lowest BCUT2D eigenvalue weighted by atomic mass is 10.00. The van der Waals surface area contributed by atoms with Crippen molar-refractivity contribution in [3.05, 3.63) is 23.7 Å². The number of hydrogen-bond acceptors (Lipinski definition) is 3. The van der Waals surface area contributed by atoms with Crippen LogP contribution >= 0.6 is 0 Å². The maximum absolute atomic E-state index is 10.4. The minimum atomic E-state index is -1.43. The van der Waals surface area contributed by atoms with Crippen LogP contribution in [0.25, 0.3) is 0 Å². The van der Waals surface area contributed by atoms with Gasteiger partial charge in [0.15, 0.2) is 0 Å². The molecule has 0 spiro atoms. The standard InChI is InChI=1S/C9H12O4/c1-6-3-4-7(13-6)9(2,12)5-8(10)11/h3-4,12H,5H2,1-2H3,(H,10,11). The molecule has 0 radical (unpaired) electrons. The minimum absolute atomic E-state index is 0.285. The second-order valence-corrected chi connectivity index (χ2v) is 3.25. The summed E-state index contributed by atoms with van der Waals surface area (Å²) in [7, 11) is 0. The van der Waals surface area contributed by atoms with Gasteiger partial charge in [0.25, 0.3) is 0 Å². The molecule has 0 aliphatic heterocycles. The molecule has 1 heterocycles. The van der Waals surface area contributed by atoms with Gasteiger partial charge in [0, 0.05) is 0 Å². The van der Waals surface area contributed by atoms with Gasteiger partial charge in [0.05, 0.1) is 6.42 Å². The van der Waals surface area contributed by atoms with E-state index < -0.39 is 11.6 Å². The third kappa shape index (κ3) is 2.32. The molecule has 0 saturated carbocycles. The molecule has 1 atom stereocenters. The first-order valence-corrected chi connectivity index (χ1v) is 3.93. The second kappa shape index (κ2) is 3.22. The Morgan fingerprint density at radius 3 is 2.62 bits per heavy atom. The summed E-state index contributed by atoms with van der Waals surface area (Å²) >= 11 is 0. The molecule has 0 bridgehead atoms. The van der Waals surface area contributed by atoms with E-state index in [0.29, 0.717) is 5.76 Å². The van der Waals surface area contributed by atoms with Gasteiger partial charge in [-0.2, -0.15) is 0 Å². The largest absolute Gasteiger partial charge is 0.481 e. The molecule has 0 aromatic carbocycles. The van der Waals surface area contributed by atoms with Crippen molar-refractivity contribution in [1.82, 2.24) is 0 Å². The number of aliphatic carboxylic acids is 1. The molecule has 0 aliphatic rings. The van der Waals surface area contributed by atoms with Crippen LogP contribution in [0.15, 0.2) is 16.5 Å². The highest BCUT2D eigenvalue weighted by Crippen LogP contribution is 2.25. The van der Waals surface area contributed by atoms with Crippen molar-refractivity contribution < 1.29 is 19.4 Å². The summed E-state index contributed by atoms with van der Waals surface area (Å²) in [6.45, 7) is 3.15. The first-order valence-electron chi connectivity index (χ1n) is 3.93. The normalized spacial score (nSPS) is 15.3. The number of carboxylic acid groups (broad SMARTS) is 1. The van der Waals surface area contributed by atoms with Crippen molar-refractivity contribution in [3.8, 4) is 0 Å². The SMILES string of the molecule is Cc1ccc(C(C)(O)CC(=O)O)o1. The number of aliphatic hydroxyl groups is 1. The molecule has 0 aliphatic carbocycles. The third-order valence-corrected chi connectivity index (χ3v) is 1.77. The van der Waals surface area contributed by atoms with E-state index in [-0.39, 0.29) is 12.2 Å². The Hall–Kier alpha value is -1.29. The Labute approximate surface area is 75.8 Å². The second-order valence-electron chi connectivity index (χ2n) is 3.25. The van der Waals surface area contributed by atoms with Crippen LogP contribution in [0.4, 0.5) is 0 Å². The van der Waals surface area contributed by atoms with Crippen molar-refractivity contribution in [1.29, 1.82) is 0 Å². The summed E-state index contributed by atoms with van der Waals surface area (Å²) in [4.78, 5) is 10.4. The fraction of sp³-hybridized carbons (Fsp3) is 0.444. The Balaban J connectivity index is 2.86. The molecule has 72 valence electrons. The molecule has 0 saturated heterocycles. The maximum atomic E-state index is 10.4. The lowest BCUT2D eigenvalue weighted by Crippen LogP contribution is -2.24. The highest BCUT2D eigenvalue weighted by Gasteiger charge is 2.29. The third-order valence-electron chi connectivity index (χ3n) is 1.77. The zero-order chi connectivity index (χ0) is 10.1. The average molecular weight is 184 g/mol. The molecule has 0 amide bonds. The number of hydrogen-bond donors (Lipinski definition) is 2. The van der Waals surface area contributed by atoms with Crippen molar-refractivity contribution in [2.75, 3.05) is 0 Å². The van der Waals surface area contributed by atoms with E-state index >= 15 is 0 Å². The average Bonchev–Trinajstić information content (AvgIpc) is 2.32. The van der Waals surface area contributed by atoms with Gasteiger partial charge in [-0.05, 0) is 26.0 Å². The predicted octanol–water partition coefficient (Wildman–Crippen LogP) is 1.27. The monoisotopic (exact) mass is 184 g/mol. The van der Waals surface area contributed by atoms with Gasteiger partial charge in [-0.1, -0.05) is 0 Å². The lowest BCUT2D eigenvalue weighted by Gasteiger charge is -2.17. The van der Waals surface area contributed by atoms with Crippen molar-refractivity contribution in [2.24, 2.45) is 0 Å². The Morgan fingerprint density at radius 1 is 1.62 bits per heavy atom. The molecule has 2 N–H and O–H groups in total. The number of aryl methyl sites for hydroxylation is 1. The van der Waals surface area contributed by atoms with E-state index in [0.717, 1.165) is 0 Å². The van der Waals surface area contributed by atoms with Crippen molar-refractivity contribution in [2.45, 2.75) is 25.9 Å². The van der Waals surface area contributed by atoms with Crippen LogP contribution in [0, 0.1) is 6.92 Å². The summed E-state index contributed by atoms with van der Waals surface area (Å²) in [6, 6.07) is 3.27. The molecule has 0 fully saturated rings. The van der Waals surface area contributed by atoms with Crippen LogP contribution in [0.1, 0.15) is 24.9 Å². The molecular weight excluding hydrogens is 172 g/mol. The summed E-state index contributed by atoms with van der Waals surface area (Å²) < 4.78 is 5.14. The summed E-state index contributed by atoms with van der Waals surface area (Å²) in [5.74, 6) is -0.118.